The van der Waals surface area contributed by atoms with Crippen molar-refractivity contribution in [3.05, 3.63) is 34.8 Å². The van der Waals surface area contributed by atoms with Crippen molar-refractivity contribution in [2.45, 2.75) is 47.0 Å². The van der Waals surface area contributed by atoms with Crippen LogP contribution in [-0.4, -0.2) is 0 Å². The smallest absolute Gasteiger partial charge is 0.119 e. The maximum Gasteiger partial charge on any atom is 0.119 e. The monoisotopic (exact) mass is 298 g/mol. The Labute approximate surface area is 120 Å². The van der Waals surface area contributed by atoms with Gasteiger partial charge in [0.1, 0.15) is 22.5 Å². The highest BCUT2D eigenvalue weighted by molar-refractivity contribution is 7.26. The first-order valence-electron chi connectivity index (χ1n) is 6.30. The molecule has 19 heavy (non-hydrogen) atoms. The molecule has 106 valence electrons. The molecule has 0 spiro atoms. The highest BCUT2D eigenvalue weighted by Crippen LogP contribution is 2.25. The Balaban J connectivity index is 0.000000200. The van der Waals surface area contributed by atoms with Gasteiger partial charge in [-0.05, 0) is 49.4 Å². The average Bonchev–Trinajstić information content (AvgIpc) is 2.70. The quantitative estimate of drug-likeness (QED) is 0.692. The van der Waals surface area contributed by atoms with Gasteiger partial charge < -0.3 is 8.83 Å². The normalized spacial score (nSPS) is 11.2. The Bertz CT molecular complexity index is 525. The fourth-order valence-corrected chi connectivity index (χ4v) is 2.62. The number of aryl methyl sites for hydroxylation is 3. The van der Waals surface area contributed by atoms with Crippen LogP contribution in [0.2, 0.25) is 0 Å². The van der Waals surface area contributed by atoms with Crippen LogP contribution >= 0.6 is 18.5 Å². The van der Waals surface area contributed by atoms with E-state index in [1.54, 1.807) is 0 Å². The molecule has 0 radical (unpaired) electrons. The van der Waals surface area contributed by atoms with Crippen molar-refractivity contribution in [1.82, 2.24) is 0 Å². The molecule has 4 heteroatoms. The predicted octanol–water partition coefficient (Wildman–Crippen LogP) is 3.78. The maximum absolute atomic E-state index is 5.40. The summed E-state index contributed by atoms with van der Waals surface area (Å²) in [7, 11) is 5.09. The van der Waals surface area contributed by atoms with Gasteiger partial charge in [-0.1, -0.05) is 39.3 Å². The minimum absolute atomic E-state index is 0.197. The van der Waals surface area contributed by atoms with E-state index in [4.69, 9.17) is 8.83 Å². The average molecular weight is 298 g/mol. The number of rotatable bonds is 0. The van der Waals surface area contributed by atoms with Gasteiger partial charge in [-0.25, -0.2) is 0 Å². The van der Waals surface area contributed by atoms with E-state index in [0.29, 0.717) is 0 Å². The summed E-state index contributed by atoms with van der Waals surface area (Å²) in [4.78, 5) is 0. The molecule has 2 unspecified atom stereocenters. The maximum atomic E-state index is 5.40. The summed E-state index contributed by atoms with van der Waals surface area (Å²) in [6.07, 6.45) is 0. The first-order valence-corrected chi connectivity index (χ1v) is 7.45. The lowest BCUT2D eigenvalue weighted by atomic mass is 9.87. The Morgan fingerprint density at radius 1 is 0.842 bits per heavy atom. The second-order valence-corrected chi connectivity index (χ2v) is 6.89. The SMILES string of the molecule is Cc1cc(P)oc1C.Cc1oc(P)cc1C(C)(C)C. The van der Waals surface area contributed by atoms with Gasteiger partial charge in [0, 0.05) is 0 Å². The van der Waals surface area contributed by atoms with Crippen LogP contribution < -0.4 is 11.0 Å². The van der Waals surface area contributed by atoms with E-state index in [9.17, 15) is 0 Å². The van der Waals surface area contributed by atoms with Crippen molar-refractivity contribution in [3.63, 3.8) is 0 Å². The van der Waals surface area contributed by atoms with E-state index in [1.165, 1.54) is 11.1 Å². The summed E-state index contributed by atoms with van der Waals surface area (Å²) >= 11 is 0. The second kappa shape index (κ2) is 6.25. The number of furan rings is 2. The minimum atomic E-state index is 0.197. The topological polar surface area (TPSA) is 26.3 Å². The molecular formula is C15H24O2P2. The molecule has 0 aromatic carbocycles. The number of hydrogen-bond donors (Lipinski definition) is 0. The van der Waals surface area contributed by atoms with E-state index in [-0.39, 0.29) is 5.41 Å². The van der Waals surface area contributed by atoms with E-state index >= 15 is 0 Å². The third-order valence-electron chi connectivity index (χ3n) is 2.93. The minimum Gasteiger partial charge on any atom is -0.462 e. The molecule has 0 saturated carbocycles. The Morgan fingerprint density at radius 3 is 1.47 bits per heavy atom. The van der Waals surface area contributed by atoms with Crippen molar-refractivity contribution in [3.8, 4) is 0 Å². The molecule has 2 aromatic heterocycles. The van der Waals surface area contributed by atoms with Crippen molar-refractivity contribution < 1.29 is 8.83 Å². The van der Waals surface area contributed by atoms with Crippen LogP contribution in [0, 0.1) is 20.8 Å². The van der Waals surface area contributed by atoms with Crippen LogP contribution in [-0.2, 0) is 5.41 Å². The van der Waals surface area contributed by atoms with Crippen molar-refractivity contribution in [2.24, 2.45) is 0 Å². The van der Waals surface area contributed by atoms with Crippen LogP contribution in [0.5, 0.6) is 0 Å². The van der Waals surface area contributed by atoms with Crippen LogP contribution in [0.15, 0.2) is 21.0 Å². The summed E-state index contributed by atoms with van der Waals surface area (Å²) in [6.45, 7) is 12.6. The zero-order valence-electron chi connectivity index (χ0n) is 12.6. The molecule has 2 heterocycles. The molecule has 0 saturated heterocycles. The van der Waals surface area contributed by atoms with E-state index in [2.05, 4.69) is 45.3 Å². The summed E-state index contributed by atoms with van der Waals surface area (Å²) in [6, 6.07) is 4.08. The summed E-state index contributed by atoms with van der Waals surface area (Å²) in [5.74, 6) is 2.04. The van der Waals surface area contributed by atoms with Crippen LogP contribution in [0.1, 0.15) is 43.4 Å². The van der Waals surface area contributed by atoms with Crippen molar-refractivity contribution in [1.29, 1.82) is 0 Å². The van der Waals surface area contributed by atoms with Gasteiger partial charge in [0.2, 0.25) is 0 Å². The van der Waals surface area contributed by atoms with Gasteiger partial charge in [0.15, 0.2) is 0 Å². The highest BCUT2D eigenvalue weighted by Gasteiger charge is 2.18. The van der Waals surface area contributed by atoms with Crippen LogP contribution in [0.25, 0.3) is 0 Å². The lowest BCUT2D eigenvalue weighted by molar-refractivity contribution is 0.525. The fraction of sp³-hybridized carbons (Fsp3) is 0.467. The molecule has 2 atom stereocenters. The number of hydrogen-bond acceptors (Lipinski definition) is 2. The van der Waals surface area contributed by atoms with Crippen molar-refractivity contribution in [2.75, 3.05) is 0 Å². The fourth-order valence-electron chi connectivity index (χ4n) is 1.85. The lowest BCUT2D eigenvalue weighted by Gasteiger charge is -2.16. The Morgan fingerprint density at radius 2 is 1.32 bits per heavy atom. The van der Waals surface area contributed by atoms with E-state index < -0.39 is 0 Å². The molecule has 2 rings (SSSR count). The molecule has 0 bridgehead atoms. The van der Waals surface area contributed by atoms with Gasteiger partial charge in [-0.15, -0.1) is 0 Å². The third-order valence-corrected chi connectivity index (χ3v) is 3.50. The third kappa shape index (κ3) is 4.79. The molecule has 0 amide bonds. The molecule has 0 fully saturated rings. The zero-order chi connectivity index (χ0) is 14.8. The van der Waals surface area contributed by atoms with Crippen LogP contribution in [0.3, 0.4) is 0 Å². The second-order valence-electron chi connectivity index (χ2n) is 5.76. The molecule has 0 N–H and O–H groups in total. The summed E-state index contributed by atoms with van der Waals surface area (Å²) in [5, 5.41) is 0. The summed E-state index contributed by atoms with van der Waals surface area (Å²) in [5.41, 5.74) is 4.55. The first-order chi connectivity index (χ1) is 8.61. The van der Waals surface area contributed by atoms with Crippen LogP contribution in [0.4, 0.5) is 0 Å². The van der Waals surface area contributed by atoms with Crippen molar-refractivity contribution >= 4 is 29.5 Å². The molecule has 2 aromatic rings. The van der Waals surface area contributed by atoms with E-state index in [1.807, 2.05) is 26.8 Å². The standard InChI is InChI=1S/C9H15OP.C6H9OP/c1-6-7(9(2,3)4)5-8(11)10-6;1-4-3-6(8)7-5(4)2/h5H,11H2,1-4H3;3H,8H2,1-2H3. The molecule has 0 aliphatic heterocycles. The van der Waals surface area contributed by atoms with Gasteiger partial charge in [0.05, 0.1) is 0 Å². The molecular weight excluding hydrogens is 274 g/mol. The lowest BCUT2D eigenvalue weighted by Crippen LogP contribution is -2.11. The Hall–Kier alpha value is -0.580. The highest BCUT2D eigenvalue weighted by atomic mass is 31.0. The largest absolute Gasteiger partial charge is 0.462 e. The van der Waals surface area contributed by atoms with E-state index in [0.717, 1.165) is 22.5 Å². The van der Waals surface area contributed by atoms with Gasteiger partial charge in [0.25, 0.3) is 0 Å². The molecule has 0 aliphatic carbocycles. The summed E-state index contributed by atoms with van der Waals surface area (Å²) < 4.78 is 10.6. The van der Waals surface area contributed by atoms with Gasteiger partial charge in [-0.2, -0.15) is 0 Å². The van der Waals surface area contributed by atoms with Gasteiger partial charge >= 0.3 is 0 Å². The predicted molar refractivity (Wildman–Crippen MR) is 89.0 cm³/mol. The van der Waals surface area contributed by atoms with Gasteiger partial charge in [-0.3, -0.25) is 0 Å². The molecule has 2 nitrogen and oxygen atoms in total. The molecule has 0 aliphatic rings. The Kier molecular flexibility index (Phi) is 5.42. The zero-order valence-corrected chi connectivity index (χ0v) is 14.9. The first kappa shape index (κ1) is 16.5.